The zero-order valence-corrected chi connectivity index (χ0v) is 10.5. The summed E-state index contributed by atoms with van der Waals surface area (Å²) in [6, 6.07) is 3.06. The molecule has 0 saturated heterocycles. The Balaban J connectivity index is 2.34. The van der Waals surface area contributed by atoms with Gasteiger partial charge in [-0.15, -0.1) is 0 Å². The molecule has 0 fully saturated rings. The highest BCUT2D eigenvalue weighted by molar-refractivity contribution is 6.04. The number of ether oxygens (including phenoxy) is 1. The number of methoxy groups -OCH3 is 1. The van der Waals surface area contributed by atoms with E-state index < -0.39 is 5.91 Å². The van der Waals surface area contributed by atoms with Gasteiger partial charge < -0.3 is 20.0 Å². The predicted molar refractivity (Wildman–Crippen MR) is 69.0 cm³/mol. The second kappa shape index (κ2) is 4.97. The van der Waals surface area contributed by atoms with E-state index in [2.05, 4.69) is 10.3 Å². The van der Waals surface area contributed by atoms with E-state index in [0.29, 0.717) is 27.2 Å². The molecule has 0 spiro atoms. The van der Waals surface area contributed by atoms with Crippen molar-refractivity contribution in [2.75, 3.05) is 12.4 Å². The van der Waals surface area contributed by atoms with Gasteiger partial charge in [0.1, 0.15) is 17.0 Å². The fraction of sp³-hybridized carbons (Fsp3) is 0.250. The molecule has 0 bridgehead atoms. The fourth-order valence-corrected chi connectivity index (χ4v) is 1.74. The van der Waals surface area contributed by atoms with Gasteiger partial charge >= 0.3 is 0 Å². The number of hydrogen-bond donors (Lipinski definition) is 1. The number of imidazole rings is 1. The second-order valence-corrected chi connectivity index (χ2v) is 4.04. The molecule has 19 heavy (non-hydrogen) atoms. The Hall–Kier alpha value is -2.57. The minimum absolute atomic E-state index is 0.198. The number of rotatable bonds is 4. The highest BCUT2D eigenvalue weighted by Crippen LogP contribution is 2.28. The van der Waals surface area contributed by atoms with E-state index >= 15 is 0 Å². The molecular weight excluding hydrogens is 250 g/mol. The van der Waals surface area contributed by atoms with E-state index in [9.17, 15) is 14.8 Å². The van der Waals surface area contributed by atoms with Gasteiger partial charge in [0.2, 0.25) is 5.91 Å². The van der Waals surface area contributed by atoms with E-state index in [-0.39, 0.29) is 12.2 Å². The van der Waals surface area contributed by atoms with Crippen LogP contribution in [0.2, 0.25) is 0 Å². The van der Waals surface area contributed by atoms with Crippen molar-refractivity contribution >= 4 is 28.4 Å². The van der Waals surface area contributed by atoms with Crippen LogP contribution in [0.3, 0.4) is 0 Å². The molecule has 0 aliphatic rings. The number of fused-ring (bicyclic) bond motifs is 1. The molecule has 0 aliphatic heterocycles. The number of aromatic nitrogens is 2. The van der Waals surface area contributed by atoms with Crippen LogP contribution in [0.25, 0.3) is 11.0 Å². The van der Waals surface area contributed by atoms with Crippen LogP contribution in [-0.4, -0.2) is 28.5 Å². The number of carbonyl (C=O) groups excluding carboxylic acids is 2. The molecule has 1 amide bonds. The third-order valence-electron chi connectivity index (χ3n) is 2.49. The number of ketones is 1. The third kappa shape index (κ3) is 2.65. The van der Waals surface area contributed by atoms with E-state index in [1.165, 1.54) is 20.1 Å². The summed E-state index contributed by atoms with van der Waals surface area (Å²) in [7, 11) is 1.42. The highest BCUT2D eigenvalue weighted by atomic mass is 16.5. The Morgan fingerprint density at radius 2 is 2.21 bits per heavy atom. The van der Waals surface area contributed by atoms with Crippen molar-refractivity contribution in [3.63, 3.8) is 0 Å². The maximum Gasteiger partial charge on any atom is 0.231 e. The lowest BCUT2D eigenvalue weighted by molar-refractivity contribution is -0.124. The summed E-state index contributed by atoms with van der Waals surface area (Å²) < 4.78 is 5.68. The van der Waals surface area contributed by atoms with Crippen molar-refractivity contribution < 1.29 is 14.3 Å². The van der Waals surface area contributed by atoms with E-state index in [4.69, 9.17) is 4.74 Å². The molecule has 100 valence electrons. The number of benzene rings is 1. The lowest BCUT2D eigenvalue weighted by Crippen LogP contribution is -2.14. The lowest BCUT2D eigenvalue weighted by Gasteiger charge is -2.12. The number of hydrogen-bond acceptors (Lipinski definition) is 5. The van der Waals surface area contributed by atoms with Crippen molar-refractivity contribution in [2.24, 2.45) is 0 Å². The van der Waals surface area contributed by atoms with Crippen LogP contribution in [0.15, 0.2) is 18.5 Å². The molecule has 1 N–H and O–H groups in total. The first-order valence-electron chi connectivity index (χ1n) is 5.53. The number of nitrogens with zero attached hydrogens (tertiary/aromatic N) is 2. The molecular formula is C12H12N3O4-. The van der Waals surface area contributed by atoms with Crippen molar-refractivity contribution in [1.82, 2.24) is 9.71 Å². The lowest BCUT2D eigenvalue weighted by atomic mass is 10.2. The maximum atomic E-state index is 11.5. The summed E-state index contributed by atoms with van der Waals surface area (Å²) >= 11 is 0. The summed E-state index contributed by atoms with van der Waals surface area (Å²) in [5, 5.41) is 14.0. The summed E-state index contributed by atoms with van der Waals surface area (Å²) in [5.74, 6) is -0.340. The standard InChI is InChI=1S/C12H12N3O4/c1-7(16)3-11(17)14-8-4-9-12(10(5-8)19-2)15(18)6-13-9/h4-6H,3H2,1-2H3,(H,14,17)/q-1. The van der Waals surface area contributed by atoms with Gasteiger partial charge in [0, 0.05) is 11.8 Å². The van der Waals surface area contributed by atoms with Crippen molar-refractivity contribution in [3.8, 4) is 5.75 Å². The molecule has 1 aromatic heterocycles. The predicted octanol–water partition coefficient (Wildman–Crippen LogP) is 1.31. The number of nitrogens with one attached hydrogen (secondary N) is 1. The first kappa shape index (κ1) is 12.9. The smallest absolute Gasteiger partial charge is 0.231 e. The average molecular weight is 262 g/mol. The fourth-order valence-electron chi connectivity index (χ4n) is 1.74. The topological polar surface area (TPSA) is 96.3 Å². The van der Waals surface area contributed by atoms with Gasteiger partial charge in [-0.1, -0.05) is 0 Å². The summed E-state index contributed by atoms with van der Waals surface area (Å²) in [5.41, 5.74) is 1.13. The van der Waals surface area contributed by atoms with Gasteiger partial charge in [-0.05, 0) is 13.0 Å². The maximum absolute atomic E-state index is 11.5. The Morgan fingerprint density at radius 3 is 2.84 bits per heavy atom. The van der Waals surface area contributed by atoms with Gasteiger partial charge in [0.25, 0.3) is 0 Å². The van der Waals surface area contributed by atoms with E-state index in [1.807, 2.05) is 0 Å². The Bertz CT molecular complexity index is 648. The van der Waals surface area contributed by atoms with Gasteiger partial charge in [0.15, 0.2) is 0 Å². The Kier molecular flexibility index (Phi) is 3.37. The third-order valence-corrected chi connectivity index (χ3v) is 2.49. The molecule has 0 unspecified atom stereocenters. The molecule has 0 saturated carbocycles. The van der Waals surface area contributed by atoms with E-state index in [1.54, 1.807) is 6.07 Å². The Morgan fingerprint density at radius 1 is 1.47 bits per heavy atom. The van der Waals surface area contributed by atoms with Crippen LogP contribution in [0.1, 0.15) is 13.3 Å². The number of carbonyl (C=O) groups is 2. The molecule has 2 aromatic rings. The van der Waals surface area contributed by atoms with Crippen LogP contribution >= 0.6 is 0 Å². The molecule has 2 rings (SSSR count). The minimum Gasteiger partial charge on any atom is -0.804 e. The molecule has 0 radical (unpaired) electrons. The van der Waals surface area contributed by atoms with Crippen molar-refractivity contribution in [1.29, 1.82) is 0 Å². The number of Topliss-reactive ketones (excluding diaryl/α,β-unsaturated/α-hetero) is 1. The number of anilines is 1. The SMILES string of the molecule is COc1cc(NC(=O)CC(C)=O)cc2ncn([O-])c12. The van der Waals surface area contributed by atoms with Gasteiger partial charge in [-0.25, -0.2) is 4.98 Å². The molecule has 1 heterocycles. The van der Waals surface area contributed by atoms with Crippen LogP contribution in [-0.2, 0) is 9.59 Å². The van der Waals surface area contributed by atoms with Gasteiger partial charge in [-0.3, -0.25) is 9.59 Å². The summed E-state index contributed by atoms with van der Waals surface area (Å²) in [6.45, 7) is 1.34. The molecule has 0 atom stereocenters. The molecule has 7 nitrogen and oxygen atoms in total. The monoisotopic (exact) mass is 262 g/mol. The average Bonchev–Trinajstić information content (AvgIpc) is 2.69. The van der Waals surface area contributed by atoms with Crippen LogP contribution in [0.4, 0.5) is 5.69 Å². The quantitative estimate of drug-likeness (QED) is 0.838. The number of amides is 1. The first-order valence-corrected chi connectivity index (χ1v) is 5.53. The van der Waals surface area contributed by atoms with Crippen molar-refractivity contribution in [3.05, 3.63) is 23.7 Å². The van der Waals surface area contributed by atoms with Crippen LogP contribution in [0.5, 0.6) is 5.75 Å². The first-order chi connectivity index (χ1) is 9.01. The highest BCUT2D eigenvalue weighted by Gasteiger charge is 2.11. The normalized spacial score (nSPS) is 10.4. The largest absolute Gasteiger partial charge is 0.804 e. The zero-order valence-electron chi connectivity index (χ0n) is 10.5. The zero-order chi connectivity index (χ0) is 14.0. The second-order valence-electron chi connectivity index (χ2n) is 4.04. The van der Waals surface area contributed by atoms with Crippen LogP contribution < -0.4 is 10.1 Å². The summed E-state index contributed by atoms with van der Waals surface area (Å²) in [4.78, 5) is 26.3. The van der Waals surface area contributed by atoms with E-state index in [0.717, 1.165) is 6.33 Å². The van der Waals surface area contributed by atoms with Crippen molar-refractivity contribution in [2.45, 2.75) is 13.3 Å². The summed E-state index contributed by atoms with van der Waals surface area (Å²) in [6.07, 6.45) is 0.921. The van der Waals surface area contributed by atoms with Gasteiger partial charge in [-0.2, -0.15) is 0 Å². The molecule has 7 heteroatoms. The van der Waals surface area contributed by atoms with Crippen LogP contribution in [0, 0.1) is 5.21 Å². The minimum atomic E-state index is -0.421. The molecule has 0 aliphatic carbocycles. The molecule has 1 aromatic carbocycles. The Labute approximate surface area is 108 Å². The van der Waals surface area contributed by atoms with Gasteiger partial charge in [0.05, 0.1) is 25.4 Å².